The highest BCUT2D eigenvalue weighted by atomic mass is 32.1. The number of piperazine rings is 1. The van der Waals surface area contributed by atoms with Gasteiger partial charge in [-0.05, 0) is 12.1 Å². The predicted octanol–water partition coefficient (Wildman–Crippen LogP) is 0.799. The zero-order valence-corrected chi connectivity index (χ0v) is 15.9. The van der Waals surface area contributed by atoms with E-state index in [4.69, 9.17) is 0 Å². The highest BCUT2D eigenvalue weighted by Crippen LogP contribution is 2.17. The van der Waals surface area contributed by atoms with Gasteiger partial charge in [-0.3, -0.25) is 19.8 Å². The third-order valence-corrected chi connectivity index (χ3v) is 5.10. The number of pyridine rings is 1. The summed E-state index contributed by atoms with van der Waals surface area (Å²) in [5.74, 6) is 0.563. The van der Waals surface area contributed by atoms with Gasteiger partial charge in [0.1, 0.15) is 10.8 Å². The summed E-state index contributed by atoms with van der Waals surface area (Å²) in [7, 11) is 1.35. The Labute approximate surface area is 161 Å². The number of ether oxygens (including phenoxy) is 1. The average molecular weight is 390 g/mol. The van der Waals surface area contributed by atoms with E-state index in [0.29, 0.717) is 23.1 Å². The smallest absolute Gasteiger partial charge is 0.305 e. The molecular weight excluding hydrogens is 368 g/mol. The molecule has 144 valence electrons. The van der Waals surface area contributed by atoms with Crippen molar-refractivity contribution in [3.63, 3.8) is 0 Å². The molecule has 3 rings (SSSR count). The van der Waals surface area contributed by atoms with Crippen molar-refractivity contribution in [2.75, 3.05) is 50.1 Å². The molecule has 2 aromatic heterocycles. The van der Waals surface area contributed by atoms with Gasteiger partial charge < -0.3 is 9.64 Å². The van der Waals surface area contributed by atoms with Crippen LogP contribution in [-0.2, 0) is 20.7 Å². The topological polar surface area (TPSA) is 101 Å². The number of nitrogens with one attached hydrogen (secondary N) is 1. The Morgan fingerprint density at radius 1 is 1.22 bits per heavy atom. The molecule has 1 saturated heterocycles. The number of aromatic nitrogens is 3. The lowest BCUT2D eigenvalue weighted by Gasteiger charge is -2.34. The van der Waals surface area contributed by atoms with Crippen molar-refractivity contribution in [2.45, 2.75) is 12.8 Å². The van der Waals surface area contributed by atoms with Gasteiger partial charge in [-0.25, -0.2) is 4.98 Å². The summed E-state index contributed by atoms with van der Waals surface area (Å²) in [6.45, 7) is 3.57. The minimum absolute atomic E-state index is 0.114. The molecule has 9 nitrogen and oxygen atoms in total. The van der Waals surface area contributed by atoms with E-state index < -0.39 is 0 Å². The van der Waals surface area contributed by atoms with Crippen LogP contribution in [0, 0.1) is 0 Å². The maximum atomic E-state index is 12.2. The Morgan fingerprint density at radius 3 is 2.74 bits per heavy atom. The van der Waals surface area contributed by atoms with Crippen LogP contribution >= 0.6 is 11.3 Å². The number of hydrogen-bond acceptors (Lipinski definition) is 9. The lowest BCUT2D eigenvalue weighted by atomic mass is 10.3. The first-order chi connectivity index (χ1) is 13.1. The molecule has 1 aliphatic heterocycles. The first-order valence-corrected chi connectivity index (χ1v) is 9.53. The summed E-state index contributed by atoms with van der Waals surface area (Å²) >= 11 is 1.28. The summed E-state index contributed by atoms with van der Waals surface area (Å²) in [5, 5.41) is 11.9. The fourth-order valence-corrected chi connectivity index (χ4v) is 3.51. The van der Waals surface area contributed by atoms with Gasteiger partial charge in [-0.1, -0.05) is 17.4 Å². The highest BCUT2D eigenvalue weighted by molar-refractivity contribution is 7.15. The standard InChI is InChI=1S/C17H22N6O3S/c1-26-16(25)6-5-15-20-21-17(27-15)19-14(24)12-22-8-10-23(11-9-22)13-4-2-3-7-18-13/h2-4,7H,5-6,8-12H2,1H3,(H,19,21,24). The van der Waals surface area contributed by atoms with Crippen LogP contribution in [0.5, 0.6) is 0 Å². The lowest BCUT2D eigenvalue weighted by molar-refractivity contribution is -0.140. The summed E-state index contributed by atoms with van der Waals surface area (Å²) in [5.41, 5.74) is 0. The fraction of sp³-hybridized carbons (Fsp3) is 0.471. The van der Waals surface area contributed by atoms with Crippen LogP contribution in [0.4, 0.5) is 10.9 Å². The molecule has 1 amide bonds. The van der Waals surface area contributed by atoms with Gasteiger partial charge >= 0.3 is 5.97 Å². The van der Waals surface area contributed by atoms with Crippen molar-refractivity contribution in [2.24, 2.45) is 0 Å². The maximum Gasteiger partial charge on any atom is 0.305 e. The fourth-order valence-electron chi connectivity index (χ4n) is 2.75. The predicted molar refractivity (Wildman–Crippen MR) is 102 cm³/mol. The van der Waals surface area contributed by atoms with Crippen LogP contribution in [0.2, 0.25) is 0 Å². The number of hydrogen-bond donors (Lipinski definition) is 1. The number of anilines is 2. The number of aryl methyl sites for hydroxylation is 1. The summed E-state index contributed by atoms with van der Waals surface area (Å²) in [6, 6.07) is 5.87. The monoisotopic (exact) mass is 390 g/mol. The molecule has 0 bridgehead atoms. The highest BCUT2D eigenvalue weighted by Gasteiger charge is 2.20. The van der Waals surface area contributed by atoms with Gasteiger partial charge in [0.25, 0.3) is 0 Å². The van der Waals surface area contributed by atoms with E-state index in [-0.39, 0.29) is 18.3 Å². The minimum atomic E-state index is -0.291. The number of rotatable bonds is 7. The second-order valence-electron chi connectivity index (χ2n) is 6.08. The number of carbonyl (C=O) groups is 2. The molecule has 10 heteroatoms. The van der Waals surface area contributed by atoms with E-state index in [1.807, 2.05) is 18.2 Å². The van der Waals surface area contributed by atoms with Crippen LogP contribution in [0.25, 0.3) is 0 Å². The van der Waals surface area contributed by atoms with E-state index in [9.17, 15) is 9.59 Å². The molecule has 1 N–H and O–H groups in total. The molecule has 0 aromatic carbocycles. The van der Waals surface area contributed by atoms with Gasteiger partial charge in [-0.15, -0.1) is 10.2 Å². The van der Waals surface area contributed by atoms with E-state index in [0.717, 1.165) is 32.0 Å². The third kappa shape index (κ3) is 5.69. The molecule has 0 unspecified atom stereocenters. The number of methoxy groups -OCH3 is 1. The van der Waals surface area contributed by atoms with Crippen molar-refractivity contribution < 1.29 is 14.3 Å². The SMILES string of the molecule is COC(=O)CCc1nnc(NC(=O)CN2CCN(c3ccccn3)CC2)s1. The number of nitrogens with zero attached hydrogens (tertiary/aromatic N) is 5. The van der Waals surface area contributed by atoms with Crippen molar-refractivity contribution in [1.82, 2.24) is 20.1 Å². The summed E-state index contributed by atoms with van der Waals surface area (Å²) < 4.78 is 4.60. The number of esters is 1. The van der Waals surface area contributed by atoms with Crippen molar-refractivity contribution >= 4 is 34.2 Å². The van der Waals surface area contributed by atoms with Crippen molar-refractivity contribution in [3.8, 4) is 0 Å². The largest absolute Gasteiger partial charge is 0.469 e. The van der Waals surface area contributed by atoms with Crippen molar-refractivity contribution in [3.05, 3.63) is 29.4 Å². The molecule has 1 aliphatic rings. The molecule has 0 spiro atoms. The Hall–Kier alpha value is -2.59. The molecule has 0 atom stereocenters. The van der Waals surface area contributed by atoms with E-state index in [1.54, 1.807) is 6.20 Å². The second-order valence-corrected chi connectivity index (χ2v) is 7.14. The second kappa shape index (κ2) is 9.38. The van der Waals surface area contributed by atoms with Crippen LogP contribution in [0.3, 0.4) is 0 Å². The van der Waals surface area contributed by atoms with Crippen LogP contribution in [0.15, 0.2) is 24.4 Å². The van der Waals surface area contributed by atoms with Gasteiger partial charge in [0, 0.05) is 38.8 Å². The van der Waals surface area contributed by atoms with Crippen LogP contribution in [-0.4, -0.2) is 71.8 Å². The quantitative estimate of drug-likeness (QED) is 0.693. The third-order valence-electron chi connectivity index (χ3n) is 4.20. The molecule has 1 fully saturated rings. The van der Waals surface area contributed by atoms with Crippen molar-refractivity contribution in [1.29, 1.82) is 0 Å². The molecular formula is C17H22N6O3S. The molecule has 0 aliphatic carbocycles. The summed E-state index contributed by atoms with van der Waals surface area (Å²) in [6.07, 6.45) is 2.49. The first kappa shape index (κ1) is 19.2. The maximum absolute atomic E-state index is 12.2. The van der Waals surface area contributed by atoms with Gasteiger partial charge in [0.05, 0.1) is 20.1 Å². The Balaban J connectivity index is 1.41. The first-order valence-electron chi connectivity index (χ1n) is 8.71. The number of carbonyl (C=O) groups excluding carboxylic acids is 2. The van der Waals surface area contributed by atoms with Gasteiger partial charge in [-0.2, -0.15) is 0 Å². The van der Waals surface area contributed by atoms with Gasteiger partial charge in [0.15, 0.2) is 0 Å². The molecule has 27 heavy (non-hydrogen) atoms. The average Bonchev–Trinajstić information content (AvgIpc) is 3.14. The molecule has 0 radical (unpaired) electrons. The van der Waals surface area contributed by atoms with E-state index in [2.05, 4.69) is 35.0 Å². The van der Waals surface area contributed by atoms with Gasteiger partial charge in [0.2, 0.25) is 11.0 Å². The zero-order chi connectivity index (χ0) is 19.1. The lowest BCUT2D eigenvalue weighted by Crippen LogP contribution is -2.48. The van der Waals surface area contributed by atoms with E-state index >= 15 is 0 Å². The van der Waals surface area contributed by atoms with Crippen LogP contribution in [0.1, 0.15) is 11.4 Å². The summed E-state index contributed by atoms with van der Waals surface area (Å²) in [4.78, 5) is 32.1. The zero-order valence-electron chi connectivity index (χ0n) is 15.1. The van der Waals surface area contributed by atoms with Crippen LogP contribution < -0.4 is 10.2 Å². The van der Waals surface area contributed by atoms with E-state index in [1.165, 1.54) is 18.4 Å². The molecule has 3 heterocycles. The normalized spacial score (nSPS) is 14.8. The minimum Gasteiger partial charge on any atom is -0.469 e. The Morgan fingerprint density at radius 2 is 2.04 bits per heavy atom. The molecule has 0 saturated carbocycles. The Bertz CT molecular complexity index is 761. The molecule has 2 aromatic rings. The Kier molecular flexibility index (Phi) is 6.66. The number of amides is 1.